The Morgan fingerprint density at radius 1 is 0.891 bits per heavy atom. The van der Waals surface area contributed by atoms with Gasteiger partial charge in [-0.3, -0.25) is 14.2 Å². The number of hydrogen-bond donors (Lipinski definition) is 0. The highest BCUT2D eigenvalue weighted by Gasteiger charge is 2.35. The zero-order valence-electron chi connectivity index (χ0n) is 25.8. The molecular formula is C36H35N3O6S. The predicted molar refractivity (Wildman–Crippen MR) is 176 cm³/mol. The summed E-state index contributed by atoms with van der Waals surface area (Å²) >= 11 is 1.26. The molecule has 0 spiro atoms. The van der Waals surface area contributed by atoms with E-state index in [9.17, 15) is 14.4 Å². The first-order valence-corrected chi connectivity index (χ1v) is 16.3. The van der Waals surface area contributed by atoms with Gasteiger partial charge in [0.2, 0.25) is 0 Å². The van der Waals surface area contributed by atoms with Gasteiger partial charge in [-0.1, -0.05) is 65.9 Å². The van der Waals surface area contributed by atoms with E-state index < -0.39 is 12.0 Å². The number of carbonyl (C=O) groups excluding carboxylic acids is 2. The van der Waals surface area contributed by atoms with Crippen LogP contribution in [-0.2, 0) is 14.3 Å². The molecule has 6 rings (SSSR count). The zero-order valence-corrected chi connectivity index (χ0v) is 26.6. The van der Waals surface area contributed by atoms with Gasteiger partial charge in [0.15, 0.2) is 11.4 Å². The first-order chi connectivity index (χ1) is 22.5. The van der Waals surface area contributed by atoms with E-state index in [4.69, 9.17) is 19.2 Å². The molecule has 0 aliphatic carbocycles. The molecule has 0 radical (unpaired) electrons. The van der Waals surface area contributed by atoms with E-state index in [1.807, 2.05) is 78.6 Å². The summed E-state index contributed by atoms with van der Waals surface area (Å²) in [5.74, 6) is 0.726. The van der Waals surface area contributed by atoms with Gasteiger partial charge in [-0.15, -0.1) is 0 Å². The van der Waals surface area contributed by atoms with Crippen LogP contribution in [0, 0.1) is 0 Å². The monoisotopic (exact) mass is 637 g/mol. The Morgan fingerprint density at radius 3 is 2.24 bits per heavy atom. The number of amides is 1. The van der Waals surface area contributed by atoms with E-state index in [1.165, 1.54) is 11.3 Å². The third-order valence-corrected chi connectivity index (χ3v) is 8.86. The Morgan fingerprint density at radius 2 is 1.57 bits per heavy atom. The van der Waals surface area contributed by atoms with Crippen molar-refractivity contribution in [1.29, 1.82) is 0 Å². The van der Waals surface area contributed by atoms with E-state index in [0.717, 1.165) is 42.6 Å². The molecule has 9 nitrogen and oxygen atoms in total. The van der Waals surface area contributed by atoms with Crippen LogP contribution in [0.15, 0.2) is 94.2 Å². The molecule has 1 aromatic heterocycles. The highest BCUT2D eigenvalue weighted by Crippen LogP contribution is 2.35. The fourth-order valence-corrected chi connectivity index (χ4v) is 6.68. The normalized spacial score (nSPS) is 16.2. The third-order valence-electron chi connectivity index (χ3n) is 7.88. The largest absolute Gasteiger partial charge is 0.494 e. The smallest absolute Gasteiger partial charge is 0.338 e. The molecule has 0 unspecified atom stereocenters. The second-order valence-electron chi connectivity index (χ2n) is 10.9. The van der Waals surface area contributed by atoms with Gasteiger partial charge in [-0.25, -0.2) is 9.79 Å². The number of carbonyl (C=O) groups is 2. The molecular weight excluding hydrogens is 602 g/mol. The number of benzene rings is 3. The first-order valence-electron chi connectivity index (χ1n) is 15.5. The van der Waals surface area contributed by atoms with Crippen LogP contribution in [0.3, 0.4) is 0 Å². The average molecular weight is 638 g/mol. The third kappa shape index (κ3) is 6.53. The number of aromatic nitrogens is 1. The van der Waals surface area contributed by atoms with Crippen molar-refractivity contribution in [2.24, 2.45) is 4.99 Å². The minimum Gasteiger partial charge on any atom is -0.494 e. The van der Waals surface area contributed by atoms with Crippen molar-refractivity contribution in [1.82, 2.24) is 9.47 Å². The Balaban J connectivity index is 1.41. The molecule has 2 aliphatic rings. The Labute approximate surface area is 270 Å². The minimum atomic E-state index is -0.771. The van der Waals surface area contributed by atoms with Crippen molar-refractivity contribution in [2.45, 2.75) is 32.7 Å². The summed E-state index contributed by atoms with van der Waals surface area (Å²) in [7, 11) is 0. The summed E-state index contributed by atoms with van der Waals surface area (Å²) in [4.78, 5) is 47.3. The van der Waals surface area contributed by atoms with Gasteiger partial charge in [0, 0.05) is 18.7 Å². The van der Waals surface area contributed by atoms with Crippen LogP contribution in [0.4, 0.5) is 0 Å². The van der Waals surface area contributed by atoms with Crippen molar-refractivity contribution in [3.63, 3.8) is 0 Å². The molecule has 3 aromatic carbocycles. The number of ether oxygens (including phenoxy) is 3. The fraction of sp³-hybridized carbons (Fsp3) is 0.278. The Kier molecular flexibility index (Phi) is 9.44. The lowest BCUT2D eigenvalue weighted by molar-refractivity contribution is -0.139. The van der Waals surface area contributed by atoms with Crippen molar-refractivity contribution in [3.05, 3.63) is 121 Å². The van der Waals surface area contributed by atoms with Crippen LogP contribution in [-0.4, -0.2) is 54.3 Å². The molecule has 0 bridgehead atoms. The quantitative estimate of drug-likeness (QED) is 0.240. The molecule has 1 amide bonds. The van der Waals surface area contributed by atoms with Crippen molar-refractivity contribution >= 4 is 35.0 Å². The Bertz CT molecular complexity index is 1920. The van der Waals surface area contributed by atoms with Crippen molar-refractivity contribution in [3.8, 4) is 11.5 Å². The lowest BCUT2D eigenvalue weighted by Gasteiger charge is -2.26. The van der Waals surface area contributed by atoms with Crippen LogP contribution >= 0.6 is 11.3 Å². The molecule has 1 fully saturated rings. The zero-order chi connectivity index (χ0) is 32.0. The van der Waals surface area contributed by atoms with E-state index in [0.29, 0.717) is 38.7 Å². The number of rotatable bonds is 10. The first kappa shape index (κ1) is 31.0. The van der Waals surface area contributed by atoms with Gasteiger partial charge < -0.3 is 19.1 Å². The second kappa shape index (κ2) is 14.0. The molecule has 46 heavy (non-hydrogen) atoms. The molecule has 10 heteroatoms. The van der Waals surface area contributed by atoms with Crippen LogP contribution < -0.4 is 24.4 Å². The SMILES string of the molecule is CCOC(=O)C1=C(c2ccccc2)N=c2s/c(=C\c3ccc(OCC(=O)N4CCCC4)cc3)c(=O)n2[C@H]1c1ccc(OCC)cc1. The summed E-state index contributed by atoms with van der Waals surface area (Å²) < 4.78 is 19.0. The molecule has 0 N–H and O–H groups in total. The summed E-state index contributed by atoms with van der Waals surface area (Å²) in [6.07, 6.45) is 3.86. The van der Waals surface area contributed by atoms with Crippen LogP contribution in [0.5, 0.6) is 11.5 Å². The molecule has 3 heterocycles. The summed E-state index contributed by atoms with van der Waals surface area (Å²) in [6.45, 7) is 5.93. The molecule has 1 atom stereocenters. The van der Waals surface area contributed by atoms with Gasteiger partial charge in [-0.05, 0) is 68.2 Å². The highest BCUT2D eigenvalue weighted by molar-refractivity contribution is 7.07. The van der Waals surface area contributed by atoms with Gasteiger partial charge in [0.25, 0.3) is 11.5 Å². The Hall–Kier alpha value is -4.96. The molecule has 0 saturated carbocycles. The van der Waals surface area contributed by atoms with Gasteiger partial charge in [0.1, 0.15) is 11.5 Å². The maximum absolute atomic E-state index is 14.1. The van der Waals surface area contributed by atoms with E-state index >= 15 is 0 Å². The summed E-state index contributed by atoms with van der Waals surface area (Å²) in [5.41, 5.74) is 2.75. The maximum atomic E-state index is 14.1. The predicted octanol–water partition coefficient (Wildman–Crippen LogP) is 4.34. The molecule has 4 aromatic rings. The number of nitrogens with zero attached hydrogens (tertiary/aromatic N) is 3. The topological polar surface area (TPSA) is 99.4 Å². The highest BCUT2D eigenvalue weighted by atomic mass is 32.1. The lowest BCUT2D eigenvalue weighted by Crippen LogP contribution is -2.40. The average Bonchev–Trinajstić information content (AvgIpc) is 3.73. The fourth-order valence-electron chi connectivity index (χ4n) is 5.68. The van der Waals surface area contributed by atoms with E-state index in [2.05, 4.69) is 0 Å². The maximum Gasteiger partial charge on any atom is 0.338 e. The van der Waals surface area contributed by atoms with Crippen LogP contribution in [0.25, 0.3) is 11.8 Å². The number of thiazole rings is 1. The molecule has 236 valence electrons. The van der Waals surface area contributed by atoms with Gasteiger partial charge >= 0.3 is 5.97 Å². The van der Waals surface area contributed by atoms with Crippen LogP contribution in [0.1, 0.15) is 49.4 Å². The van der Waals surface area contributed by atoms with Gasteiger partial charge in [0.05, 0.1) is 35.1 Å². The van der Waals surface area contributed by atoms with E-state index in [-0.39, 0.29) is 24.7 Å². The minimum absolute atomic E-state index is 0.00393. The number of esters is 1. The second-order valence-corrected chi connectivity index (χ2v) is 11.9. The number of hydrogen-bond acceptors (Lipinski definition) is 8. The standard InChI is InChI=1S/C36H35N3O6S/c1-3-43-27-18-14-26(15-19-27)33-31(35(42)44-4-2)32(25-10-6-5-7-11-25)37-36-39(33)34(41)29(46-36)22-24-12-16-28(17-13-24)45-23-30(40)38-20-8-9-21-38/h5-7,10-19,22,33H,3-4,8-9,20-21,23H2,1-2H3/b29-22-/t33-/m0/s1. The summed E-state index contributed by atoms with van der Waals surface area (Å²) in [6, 6.07) is 23.4. The summed E-state index contributed by atoms with van der Waals surface area (Å²) in [5, 5.41) is 0. The number of likely N-dealkylation sites (tertiary alicyclic amines) is 1. The van der Waals surface area contributed by atoms with Crippen molar-refractivity contribution in [2.75, 3.05) is 32.9 Å². The lowest BCUT2D eigenvalue weighted by atomic mass is 9.93. The van der Waals surface area contributed by atoms with Crippen LogP contribution in [0.2, 0.25) is 0 Å². The number of fused-ring (bicyclic) bond motifs is 1. The molecule has 1 saturated heterocycles. The van der Waals surface area contributed by atoms with Crippen molar-refractivity contribution < 1.29 is 23.8 Å². The van der Waals surface area contributed by atoms with Gasteiger partial charge in [-0.2, -0.15) is 0 Å². The molecule has 2 aliphatic heterocycles. The van der Waals surface area contributed by atoms with E-state index in [1.54, 1.807) is 29.7 Å².